The molecule has 132 valence electrons. The average Bonchev–Trinajstić information content (AvgIpc) is 2.53. The van der Waals surface area contributed by atoms with Gasteiger partial charge in [0.15, 0.2) is 0 Å². The maximum absolute atomic E-state index is 12.3. The third-order valence-electron chi connectivity index (χ3n) is 3.60. The summed E-state index contributed by atoms with van der Waals surface area (Å²) in [7, 11) is -3.71. The van der Waals surface area contributed by atoms with Gasteiger partial charge in [-0.3, -0.25) is 13.9 Å². The smallest absolute Gasteiger partial charge is 0.301 e. The Balaban J connectivity index is 2.45. The van der Waals surface area contributed by atoms with Gasteiger partial charge in [-0.05, 0) is 31.5 Å². The van der Waals surface area contributed by atoms with Crippen molar-refractivity contribution >= 4 is 27.7 Å². The van der Waals surface area contributed by atoms with Crippen LogP contribution in [0.15, 0.2) is 18.2 Å². The Labute approximate surface area is 140 Å². The highest BCUT2D eigenvalue weighted by atomic mass is 32.2. The predicted octanol–water partition coefficient (Wildman–Crippen LogP) is -1.09. The lowest BCUT2D eigenvalue weighted by Crippen LogP contribution is -2.47. The molecule has 0 spiro atoms. The highest BCUT2D eigenvalue weighted by Crippen LogP contribution is 2.23. The lowest BCUT2D eigenvalue weighted by atomic mass is 10.1. The molecule has 1 fully saturated rings. The molecule has 1 heterocycles. The van der Waals surface area contributed by atoms with Crippen LogP contribution in [0.25, 0.3) is 0 Å². The fraction of sp³-hybridized carbons (Fsp3) is 0.429. The van der Waals surface area contributed by atoms with Gasteiger partial charge in [0.2, 0.25) is 5.91 Å². The molecule has 9 nitrogen and oxygen atoms in total. The normalized spacial score (nSPS) is 18.0. The number of nitrogens with one attached hydrogen (secondary N) is 2. The number of benzene rings is 1. The monoisotopic (exact) mass is 355 g/mol. The third-order valence-corrected chi connectivity index (χ3v) is 5.14. The number of amides is 2. The summed E-state index contributed by atoms with van der Waals surface area (Å²) in [6, 6.07) is 3.83. The number of nitrogens with two attached hydrogens (primary N) is 2. The largest absolute Gasteiger partial charge is 0.366 e. The molecule has 0 bridgehead atoms. The molecular weight excluding hydrogens is 334 g/mol. The molecule has 0 radical (unpaired) electrons. The number of primary amides is 1. The molecule has 2 rings (SSSR count). The van der Waals surface area contributed by atoms with E-state index in [1.165, 1.54) is 18.2 Å². The van der Waals surface area contributed by atoms with Crippen LogP contribution in [0, 0.1) is 0 Å². The van der Waals surface area contributed by atoms with E-state index in [1.54, 1.807) is 6.92 Å². The van der Waals surface area contributed by atoms with Crippen LogP contribution in [0.1, 0.15) is 34.1 Å². The molecule has 10 heteroatoms. The number of hydrogen-bond acceptors (Lipinski definition) is 5. The fourth-order valence-electron chi connectivity index (χ4n) is 2.28. The van der Waals surface area contributed by atoms with E-state index in [9.17, 15) is 18.0 Å². The van der Waals surface area contributed by atoms with E-state index in [0.717, 1.165) is 4.31 Å². The first kappa shape index (κ1) is 18.2. The van der Waals surface area contributed by atoms with Gasteiger partial charge in [-0.25, -0.2) is 0 Å². The summed E-state index contributed by atoms with van der Waals surface area (Å²) < 4.78 is 27.8. The second-order valence-electron chi connectivity index (χ2n) is 5.57. The predicted molar refractivity (Wildman–Crippen MR) is 89.8 cm³/mol. The van der Waals surface area contributed by atoms with Crippen LogP contribution >= 0.6 is 0 Å². The molecule has 0 aromatic heterocycles. The summed E-state index contributed by atoms with van der Waals surface area (Å²) in [6.07, 6.45) is 0.603. The summed E-state index contributed by atoms with van der Waals surface area (Å²) >= 11 is 0. The summed E-state index contributed by atoms with van der Waals surface area (Å²) in [4.78, 5) is 23.8. The van der Waals surface area contributed by atoms with Gasteiger partial charge in [0, 0.05) is 36.8 Å². The number of hydrogen-bond donors (Lipinski definition) is 4. The first-order valence-corrected chi connectivity index (χ1v) is 8.91. The number of nitrogens with zero attached hydrogens (tertiary/aromatic N) is 1. The van der Waals surface area contributed by atoms with E-state index in [-0.39, 0.29) is 35.9 Å². The summed E-state index contributed by atoms with van der Waals surface area (Å²) in [5.41, 5.74) is 11.2. The molecule has 0 saturated carbocycles. The van der Waals surface area contributed by atoms with Crippen molar-refractivity contribution in [3.63, 3.8) is 0 Å². The maximum Gasteiger partial charge on any atom is 0.301 e. The van der Waals surface area contributed by atoms with Crippen molar-refractivity contribution in [3.8, 4) is 0 Å². The highest BCUT2D eigenvalue weighted by molar-refractivity contribution is 7.90. The number of rotatable bonds is 5. The molecule has 1 aromatic carbocycles. The first-order chi connectivity index (χ1) is 11.2. The van der Waals surface area contributed by atoms with Gasteiger partial charge in [0.05, 0.1) is 5.69 Å². The summed E-state index contributed by atoms with van der Waals surface area (Å²) in [5.74, 6) is -1.21. The van der Waals surface area contributed by atoms with Gasteiger partial charge in [-0.2, -0.15) is 13.1 Å². The zero-order valence-corrected chi connectivity index (χ0v) is 14.1. The lowest BCUT2D eigenvalue weighted by molar-refractivity contribution is 0.0941. The van der Waals surface area contributed by atoms with Crippen LogP contribution in [0.4, 0.5) is 5.69 Å². The molecule has 1 aliphatic rings. The Morgan fingerprint density at radius 2 is 2.00 bits per heavy atom. The van der Waals surface area contributed by atoms with Crippen molar-refractivity contribution in [1.29, 1.82) is 0 Å². The van der Waals surface area contributed by atoms with E-state index in [0.29, 0.717) is 13.0 Å². The van der Waals surface area contributed by atoms with Crippen LogP contribution < -0.4 is 25.8 Å². The number of anilines is 1. The standard InChI is InChI=1S/C14H21N5O4S/c1-9(8-15)18-14(21)11-5-10(13(16)20)6-12(7-11)19-4-2-3-17-24(19,22)23/h5-7,9,17H,2-4,8,15H2,1H3,(H2,16,20)(H,18,21)/t9-/m0/s1. The Morgan fingerprint density at radius 1 is 1.33 bits per heavy atom. The molecule has 1 saturated heterocycles. The Morgan fingerprint density at radius 3 is 2.58 bits per heavy atom. The van der Waals surface area contributed by atoms with Gasteiger partial charge in [-0.15, -0.1) is 0 Å². The van der Waals surface area contributed by atoms with E-state index >= 15 is 0 Å². The zero-order chi connectivity index (χ0) is 17.9. The van der Waals surface area contributed by atoms with Crippen molar-refractivity contribution in [3.05, 3.63) is 29.3 Å². The molecule has 0 unspecified atom stereocenters. The van der Waals surface area contributed by atoms with Crippen molar-refractivity contribution < 1.29 is 18.0 Å². The van der Waals surface area contributed by atoms with Gasteiger partial charge < -0.3 is 16.8 Å². The van der Waals surface area contributed by atoms with E-state index in [1.807, 2.05) is 0 Å². The van der Waals surface area contributed by atoms with Crippen molar-refractivity contribution in [2.45, 2.75) is 19.4 Å². The van der Waals surface area contributed by atoms with Crippen LogP contribution in [0.2, 0.25) is 0 Å². The molecular formula is C14H21N5O4S. The Hall–Kier alpha value is -2.17. The van der Waals surface area contributed by atoms with Gasteiger partial charge >= 0.3 is 10.2 Å². The minimum Gasteiger partial charge on any atom is -0.366 e. The molecule has 0 aliphatic carbocycles. The van der Waals surface area contributed by atoms with Crippen LogP contribution in [-0.2, 0) is 10.2 Å². The third kappa shape index (κ3) is 4.02. The van der Waals surface area contributed by atoms with Crippen molar-refractivity contribution in [2.75, 3.05) is 23.9 Å². The Kier molecular flexibility index (Phi) is 5.42. The molecule has 1 aliphatic heterocycles. The van der Waals surface area contributed by atoms with Gasteiger partial charge in [-0.1, -0.05) is 0 Å². The van der Waals surface area contributed by atoms with Crippen molar-refractivity contribution in [1.82, 2.24) is 10.0 Å². The van der Waals surface area contributed by atoms with E-state index < -0.39 is 22.0 Å². The minimum absolute atomic E-state index is 0.0545. The fourth-order valence-corrected chi connectivity index (χ4v) is 3.59. The molecule has 1 atom stereocenters. The van der Waals surface area contributed by atoms with Gasteiger partial charge in [0.25, 0.3) is 5.91 Å². The first-order valence-electron chi connectivity index (χ1n) is 7.47. The van der Waals surface area contributed by atoms with Crippen molar-refractivity contribution in [2.24, 2.45) is 11.5 Å². The lowest BCUT2D eigenvalue weighted by Gasteiger charge is -2.29. The summed E-state index contributed by atoms with van der Waals surface area (Å²) in [6.45, 7) is 2.57. The molecule has 2 amide bonds. The second kappa shape index (κ2) is 7.16. The van der Waals surface area contributed by atoms with Crippen LogP contribution in [0.5, 0.6) is 0 Å². The SMILES string of the molecule is C[C@@H](CN)NC(=O)c1cc(C(N)=O)cc(N2CCCNS2(=O)=O)c1. The van der Waals surface area contributed by atoms with E-state index in [4.69, 9.17) is 11.5 Å². The second-order valence-corrected chi connectivity index (χ2v) is 7.25. The van der Waals surface area contributed by atoms with Gasteiger partial charge in [0.1, 0.15) is 0 Å². The number of carbonyl (C=O) groups is 2. The summed E-state index contributed by atoms with van der Waals surface area (Å²) in [5, 5.41) is 2.66. The highest BCUT2D eigenvalue weighted by Gasteiger charge is 2.27. The average molecular weight is 355 g/mol. The molecule has 24 heavy (non-hydrogen) atoms. The van der Waals surface area contributed by atoms with Crippen LogP contribution in [0.3, 0.4) is 0 Å². The molecule has 6 N–H and O–H groups in total. The quantitative estimate of drug-likeness (QED) is 0.529. The minimum atomic E-state index is -3.71. The maximum atomic E-state index is 12.3. The number of carbonyl (C=O) groups excluding carboxylic acids is 2. The van der Waals surface area contributed by atoms with E-state index in [2.05, 4.69) is 10.0 Å². The Bertz CT molecular complexity index is 750. The molecule has 1 aromatic rings. The topological polar surface area (TPSA) is 148 Å². The zero-order valence-electron chi connectivity index (χ0n) is 13.3. The van der Waals surface area contributed by atoms with Crippen LogP contribution in [-0.4, -0.2) is 45.9 Å².